The lowest BCUT2D eigenvalue weighted by molar-refractivity contribution is 0.0796. The molecule has 7 nitrogen and oxygen atoms in total. The van der Waals surface area contributed by atoms with Crippen LogP contribution in [0.2, 0.25) is 0 Å². The zero-order valence-electron chi connectivity index (χ0n) is 13.0. The molecule has 22 heavy (non-hydrogen) atoms. The summed E-state index contributed by atoms with van der Waals surface area (Å²) in [6.45, 7) is 2.76. The molecule has 7 heteroatoms. The highest BCUT2D eigenvalue weighted by Gasteiger charge is 2.23. The maximum absolute atomic E-state index is 12.4. The maximum atomic E-state index is 12.4. The molecule has 0 bridgehead atoms. The first kappa shape index (κ1) is 14.8. The van der Waals surface area contributed by atoms with Crippen molar-refractivity contribution in [3.8, 4) is 0 Å². The van der Waals surface area contributed by atoms with Gasteiger partial charge in [0, 0.05) is 25.8 Å². The van der Waals surface area contributed by atoms with Gasteiger partial charge < -0.3 is 5.32 Å². The molecule has 1 saturated carbocycles. The zero-order chi connectivity index (χ0) is 15.7. The third-order valence-electron chi connectivity index (χ3n) is 4.22. The third kappa shape index (κ3) is 2.52. The molecule has 1 amide bonds. The lowest BCUT2D eigenvalue weighted by Crippen LogP contribution is -2.34. The molecule has 0 unspecified atom stereocenters. The van der Waals surface area contributed by atoms with Crippen LogP contribution in [0.5, 0.6) is 0 Å². The van der Waals surface area contributed by atoms with Gasteiger partial charge in [0.15, 0.2) is 5.65 Å². The minimum atomic E-state index is -0.251. The number of hydrogen-bond donors (Lipinski definition) is 2. The van der Waals surface area contributed by atoms with Crippen molar-refractivity contribution in [3.63, 3.8) is 0 Å². The number of amides is 1. The van der Waals surface area contributed by atoms with Gasteiger partial charge in [-0.2, -0.15) is 5.10 Å². The summed E-state index contributed by atoms with van der Waals surface area (Å²) < 4.78 is 1.83. The van der Waals surface area contributed by atoms with Crippen molar-refractivity contribution in [3.05, 3.63) is 18.0 Å². The van der Waals surface area contributed by atoms with Crippen LogP contribution in [0.1, 0.15) is 43.0 Å². The summed E-state index contributed by atoms with van der Waals surface area (Å²) in [5.41, 5.74) is 2.10. The van der Waals surface area contributed by atoms with E-state index in [-0.39, 0.29) is 5.91 Å². The Morgan fingerprint density at radius 1 is 1.45 bits per heavy atom. The summed E-state index contributed by atoms with van der Waals surface area (Å²) >= 11 is 0. The standard InChI is InChI=1S/C15H22N6O/c1-3-21-14-11(9-18-21)13(19-10-6-4-5-7-10)12(8-17-14)15(22)20(2)16/h8-10H,3-7,16H2,1-2H3,(H,17,19). The molecule has 0 saturated heterocycles. The van der Waals surface area contributed by atoms with Crippen LogP contribution in [0.15, 0.2) is 12.4 Å². The van der Waals surface area contributed by atoms with Gasteiger partial charge in [0.25, 0.3) is 5.91 Å². The van der Waals surface area contributed by atoms with Crippen LogP contribution in [0.4, 0.5) is 5.69 Å². The number of aryl methyl sites for hydroxylation is 1. The summed E-state index contributed by atoms with van der Waals surface area (Å²) in [7, 11) is 1.54. The molecule has 118 valence electrons. The number of nitrogens with two attached hydrogens (primary N) is 1. The summed E-state index contributed by atoms with van der Waals surface area (Å²) in [6.07, 6.45) is 8.06. The molecule has 3 N–H and O–H groups in total. The van der Waals surface area contributed by atoms with E-state index in [0.717, 1.165) is 41.1 Å². The number of rotatable bonds is 4. The van der Waals surface area contributed by atoms with Gasteiger partial charge in [-0.3, -0.25) is 9.80 Å². The number of hydrogen-bond acceptors (Lipinski definition) is 5. The largest absolute Gasteiger partial charge is 0.381 e. The monoisotopic (exact) mass is 302 g/mol. The first-order chi connectivity index (χ1) is 10.6. The fourth-order valence-corrected chi connectivity index (χ4v) is 3.04. The van der Waals surface area contributed by atoms with Gasteiger partial charge in [-0.15, -0.1) is 0 Å². The summed E-state index contributed by atoms with van der Waals surface area (Å²) in [6, 6.07) is 0.394. The van der Waals surface area contributed by atoms with Gasteiger partial charge in [0.1, 0.15) is 0 Å². The first-order valence-electron chi connectivity index (χ1n) is 7.75. The lowest BCUT2D eigenvalue weighted by atomic mass is 10.1. The number of carbonyl (C=O) groups is 1. The molecule has 1 fully saturated rings. The lowest BCUT2D eigenvalue weighted by Gasteiger charge is -2.19. The molecule has 1 aliphatic carbocycles. The molecule has 0 spiro atoms. The van der Waals surface area contributed by atoms with Gasteiger partial charge in [-0.05, 0) is 19.8 Å². The van der Waals surface area contributed by atoms with Gasteiger partial charge in [-0.1, -0.05) is 12.8 Å². The number of nitrogens with zero attached hydrogens (tertiary/aromatic N) is 4. The van der Waals surface area contributed by atoms with Crippen molar-refractivity contribution in [2.45, 2.75) is 45.2 Å². The maximum Gasteiger partial charge on any atom is 0.271 e. The average Bonchev–Trinajstić information content (AvgIpc) is 3.15. The number of nitrogens with one attached hydrogen (secondary N) is 1. The number of fused-ring (bicyclic) bond motifs is 1. The van der Waals surface area contributed by atoms with Crippen molar-refractivity contribution in [2.24, 2.45) is 5.84 Å². The quantitative estimate of drug-likeness (QED) is 0.510. The highest BCUT2D eigenvalue weighted by atomic mass is 16.2. The van der Waals surface area contributed by atoms with E-state index < -0.39 is 0 Å². The fraction of sp³-hybridized carbons (Fsp3) is 0.533. The molecule has 2 aromatic heterocycles. The predicted molar refractivity (Wildman–Crippen MR) is 85.4 cm³/mol. The Hall–Kier alpha value is -2.15. The number of pyridine rings is 1. The van der Waals surface area contributed by atoms with E-state index in [0.29, 0.717) is 11.6 Å². The second-order valence-corrected chi connectivity index (χ2v) is 5.79. The van der Waals surface area contributed by atoms with Crippen LogP contribution in [-0.2, 0) is 6.54 Å². The summed E-state index contributed by atoms with van der Waals surface area (Å²) in [5.74, 6) is 5.38. The van der Waals surface area contributed by atoms with E-state index in [4.69, 9.17) is 5.84 Å². The molecule has 0 aromatic carbocycles. The van der Waals surface area contributed by atoms with Gasteiger partial charge >= 0.3 is 0 Å². The van der Waals surface area contributed by atoms with Crippen molar-refractivity contribution >= 4 is 22.6 Å². The SMILES string of the molecule is CCn1ncc2c(NC3CCCC3)c(C(=O)N(C)N)cnc21. The smallest absolute Gasteiger partial charge is 0.271 e. The molecule has 1 aliphatic rings. The Balaban J connectivity index is 2.10. The van der Waals surface area contributed by atoms with Crippen LogP contribution in [-0.4, -0.2) is 38.8 Å². The summed E-state index contributed by atoms with van der Waals surface area (Å²) in [5, 5.41) is 9.85. The van der Waals surface area contributed by atoms with Gasteiger partial charge in [-0.25, -0.2) is 15.5 Å². The molecule has 0 aliphatic heterocycles. The highest BCUT2D eigenvalue weighted by molar-refractivity contribution is 6.06. The van der Waals surface area contributed by atoms with Crippen molar-refractivity contribution < 1.29 is 4.79 Å². The fourth-order valence-electron chi connectivity index (χ4n) is 3.04. The van der Waals surface area contributed by atoms with Crippen molar-refractivity contribution in [1.82, 2.24) is 19.8 Å². The van der Waals surface area contributed by atoms with Gasteiger partial charge in [0.2, 0.25) is 0 Å². The van der Waals surface area contributed by atoms with Crippen LogP contribution in [0.3, 0.4) is 0 Å². The Morgan fingerprint density at radius 2 is 2.18 bits per heavy atom. The number of aromatic nitrogens is 3. The van der Waals surface area contributed by atoms with E-state index >= 15 is 0 Å². The normalized spacial score (nSPS) is 15.4. The van der Waals surface area contributed by atoms with Gasteiger partial charge in [0.05, 0.1) is 22.8 Å². The molecule has 3 rings (SSSR count). The van der Waals surface area contributed by atoms with Crippen LogP contribution >= 0.6 is 0 Å². The molecule has 2 heterocycles. The Bertz CT molecular complexity index is 687. The second-order valence-electron chi connectivity index (χ2n) is 5.79. The second kappa shape index (κ2) is 5.92. The number of carbonyl (C=O) groups excluding carboxylic acids is 1. The molecular formula is C15H22N6O. The van der Waals surface area contributed by atoms with E-state index in [1.165, 1.54) is 12.8 Å². The Kier molecular flexibility index (Phi) is 3.98. The van der Waals surface area contributed by atoms with Crippen LogP contribution in [0.25, 0.3) is 11.0 Å². The van der Waals surface area contributed by atoms with E-state index in [1.54, 1.807) is 19.4 Å². The predicted octanol–water partition coefficient (Wildman–Crippen LogP) is 1.75. The number of hydrazine groups is 1. The third-order valence-corrected chi connectivity index (χ3v) is 4.22. The first-order valence-corrected chi connectivity index (χ1v) is 7.75. The minimum Gasteiger partial charge on any atom is -0.381 e. The van der Waals surface area contributed by atoms with Crippen molar-refractivity contribution in [1.29, 1.82) is 0 Å². The minimum absolute atomic E-state index is 0.251. The van der Waals surface area contributed by atoms with E-state index in [1.807, 2.05) is 11.6 Å². The highest BCUT2D eigenvalue weighted by Crippen LogP contribution is 2.30. The van der Waals surface area contributed by atoms with Crippen LogP contribution < -0.4 is 11.2 Å². The molecule has 0 radical (unpaired) electrons. The zero-order valence-corrected chi connectivity index (χ0v) is 13.0. The van der Waals surface area contributed by atoms with E-state index in [2.05, 4.69) is 15.4 Å². The van der Waals surface area contributed by atoms with E-state index in [9.17, 15) is 4.79 Å². The summed E-state index contributed by atoms with van der Waals surface area (Å²) in [4.78, 5) is 16.8. The van der Waals surface area contributed by atoms with Crippen molar-refractivity contribution in [2.75, 3.05) is 12.4 Å². The topological polar surface area (TPSA) is 89.1 Å². The molecular weight excluding hydrogens is 280 g/mol. The molecule has 2 aromatic rings. The number of anilines is 1. The van der Waals surface area contributed by atoms with Crippen LogP contribution in [0, 0.1) is 0 Å². The average molecular weight is 302 g/mol. The Labute approximate surface area is 129 Å². The Morgan fingerprint density at radius 3 is 2.82 bits per heavy atom. The molecule has 0 atom stereocenters.